The van der Waals surface area contributed by atoms with Gasteiger partial charge >= 0.3 is 5.69 Å². The normalized spacial score (nSPS) is 9.33. The zero-order valence-corrected chi connectivity index (χ0v) is 6.32. The van der Waals surface area contributed by atoms with Gasteiger partial charge in [0.15, 0.2) is 0 Å². The van der Waals surface area contributed by atoms with Crippen molar-refractivity contribution in [3.8, 4) is 0 Å². The summed E-state index contributed by atoms with van der Waals surface area (Å²) in [4.78, 5) is 26.2. The summed E-state index contributed by atoms with van der Waals surface area (Å²) in [5.74, 6) is 0. The second-order valence-corrected chi connectivity index (χ2v) is 2.14. The van der Waals surface area contributed by atoms with E-state index in [0.29, 0.717) is 19.5 Å². The highest BCUT2D eigenvalue weighted by Crippen LogP contribution is 1.92. The van der Waals surface area contributed by atoms with Gasteiger partial charge in [0, 0.05) is 18.8 Å². The van der Waals surface area contributed by atoms with Crippen molar-refractivity contribution < 1.29 is 9.53 Å². The average Bonchev–Trinajstić information content (AvgIpc) is 2.09. The third-order valence-electron chi connectivity index (χ3n) is 1.31. The zero-order chi connectivity index (χ0) is 8.81. The van der Waals surface area contributed by atoms with E-state index in [4.69, 9.17) is 0 Å². The highest BCUT2D eigenvalue weighted by atomic mass is 16.5. The molecule has 1 aromatic rings. The molecule has 64 valence electrons. The number of rotatable bonds is 4. The molecule has 0 unspecified atom stereocenters. The quantitative estimate of drug-likeness (QED) is 0.485. The Morgan fingerprint density at radius 2 is 2.50 bits per heavy atom. The van der Waals surface area contributed by atoms with Crippen LogP contribution in [0.3, 0.4) is 0 Å². The van der Waals surface area contributed by atoms with E-state index >= 15 is 0 Å². The summed E-state index contributed by atoms with van der Waals surface area (Å²) in [6.07, 6.45) is 3.55. The minimum atomic E-state index is -0.380. The monoisotopic (exact) mass is 168 g/mol. The lowest BCUT2D eigenvalue weighted by atomic mass is 10.3. The molecule has 12 heavy (non-hydrogen) atoms. The summed E-state index contributed by atoms with van der Waals surface area (Å²) < 4.78 is 4.47. The van der Waals surface area contributed by atoms with Gasteiger partial charge in [-0.25, -0.2) is 9.78 Å². The van der Waals surface area contributed by atoms with Crippen molar-refractivity contribution >= 4 is 6.47 Å². The summed E-state index contributed by atoms with van der Waals surface area (Å²) >= 11 is 0. The highest BCUT2D eigenvalue weighted by molar-refractivity contribution is 5.36. The van der Waals surface area contributed by atoms with E-state index in [9.17, 15) is 9.59 Å². The Kier molecular flexibility index (Phi) is 3.01. The lowest BCUT2D eigenvalue weighted by Gasteiger charge is -1.97. The second-order valence-electron chi connectivity index (χ2n) is 2.14. The molecular weight excluding hydrogens is 160 g/mol. The molecule has 0 fully saturated rings. The van der Waals surface area contributed by atoms with Crippen molar-refractivity contribution in [1.29, 1.82) is 0 Å². The molecule has 5 heteroatoms. The maximum absolute atomic E-state index is 10.5. The predicted octanol–water partition coefficient (Wildman–Crippen LogP) is -0.515. The van der Waals surface area contributed by atoms with E-state index in [1.165, 1.54) is 6.20 Å². The standard InChI is InChI=1S/C7H8N2O3/c10-5-12-2-1-6-3-8-7(11)9-4-6/h3-5H,1-2H2,(H,8,9,11). The molecule has 0 saturated carbocycles. The van der Waals surface area contributed by atoms with Crippen molar-refractivity contribution in [3.05, 3.63) is 28.4 Å². The fraction of sp³-hybridized carbons (Fsp3) is 0.286. The van der Waals surface area contributed by atoms with Crippen molar-refractivity contribution in [1.82, 2.24) is 9.97 Å². The first kappa shape index (κ1) is 8.45. The van der Waals surface area contributed by atoms with Gasteiger partial charge in [-0.2, -0.15) is 0 Å². The van der Waals surface area contributed by atoms with Crippen LogP contribution in [0.2, 0.25) is 0 Å². The molecule has 1 rings (SSSR count). The third-order valence-corrected chi connectivity index (χ3v) is 1.31. The van der Waals surface area contributed by atoms with Crippen LogP contribution in [0, 0.1) is 0 Å². The second kappa shape index (κ2) is 4.27. The number of H-pyrrole nitrogens is 1. The summed E-state index contributed by atoms with van der Waals surface area (Å²) in [5.41, 5.74) is 0.450. The van der Waals surface area contributed by atoms with Gasteiger partial charge in [0.2, 0.25) is 0 Å². The number of nitrogens with zero attached hydrogens (tertiary/aromatic N) is 1. The van der Waals surface area contributed by atoms with Gasteiger partial charge in [0.25, 0.3) is 6.47 Å². The van der Waals surface area contributed by atoms with Crippen LogP contribution in [0.15, 0.2) is 17.2 Å². The lowest BCUT2D eigenvalue weighted by Crippen LogP contribution is -2.10. The van der Waals surface area contributed by atoms with E-state index in [1.54, 1.807) is 6.20 Å². The van der Waals surface area contributed by atoms with E-state index in [0.717, 1.165) is 5.56 Å². The van der Waals surface area contributed by atoms with Gasteiger partial charge in [-0.15, -0.1) is 0 Å². The first-order valence-corrected chi connectivity index (χ1v) is 3.42. The molecule has 5 nitrogen and oxygen atoms in total. The van der Waals surface area contributed by atoms with Crippen LogP contribution in [-0.4, -0.2) is 23.0 Å². The number of ether oxygens (including phenoxy) is 1. The molecule has 0 bridgehead atoms. The molecular formula is C7H8N2O3. The Balaban J connectivity index is 2.47. The molecule has 0 atom stereocenters. The first-order chi connectivity index (χ1) is 5.83. The molecule has 0 aliphatic heterocycles. The van der Waals surface area contributed by atoms with E-state index in [-0.39, 0.29) is 5.69 Å². The molecule has 0 spiro atoms. The van der Waals surface area contributed by atoms with Crippen LogP contribution >= 0.6 is 0 Å². The molecule has 0 aromatic carbocycles. The van der Waals surface area contributed by atoms with Crippen molar-refractivity contribution in [2.75, 3.05) is 6.61 Å². The SMILES string of the molecule is O=COCCc1cnc(=O)[nH]c1. The van der Waals surface area contributed by atoms with Gasteiger partial charge in [-0.3, -0.25) is 4.79 Å². The Bertz CT molecular complexity index is 287. The average molecular weight is 168 g/mol. The minimum absolute atomic E-state index is 0.303. The fourth-order valence-corrected chi connectivity index (χ4v) is 0.732. The smallest absolute Gasteiger partial charge is 0.344 e. The number of hydrogen-bond donors (Lipinski definition) is 1. The van der Waals surface area contributed by atoms with Gasteiger partial charge in [-0.1, -0.05) is 0 Å². The van der Waals surface area contributed by atoms with Crippen molar-refractivity contribution in [3.63, 3.8) is 0 Å². The Hall–Kier alpha value is -1.65. The molecule has 0 amide bonds. The van der Waals surface area contributed by atoms with Crippen molar-refractivity contribution in [2.45, 2.75) is 6.42 Å². The topological polar surface area (TPSA) is 72.0 Å². The summed E-state index contributed by atoms with van der Waals surface area (Å²) in [5, 5.41) is 0. The molecule has 0 saturated heterocycles. The minimum Gasteiger partial charge on any atom is -0.468 e. The van der Waals surface area contributed by atoms with Gasteiger partial charge < -0.3 is 9.72 Å². The third kappa shape index (κ3) is 2.53. The number of carbonyl (C=O) groups is 1. The fourth-order valence-electron chi connectivity index (χ4n) is 0.732. The summed E-state index contributed by atoms with van der Waals surface area (Å²) in [6.45, 7) is 0.691. The number of hydrogen-bond acceptors (Lipinski definition) is 4. The molecule has 0 aliphatic rings. The number of aromatic nitrogens is 2. The van der Waals surface area contributed by atoms with Gasteiger partial charge in [-0.05, 0) is 5.56 Å². The zero-order valence-electron chi connectivity index (χ0n) is 6.32. The van der Waals surface area contributed by atoms with Crippen LogP contribution in [0.4, 0.5) is 0 Å². The Labute approximate surface area is 68.4 Å². The van der Waals surface area contributed by atoms with Crippen LogP contribution in [-0.2, 0) is 16.0 Å². The predicted molar refractivity (Wildman–Crippen MR) is 40.6 cm³/mol. The van der Waals surface area contributed by atoms with E-state index in [2.05, 4.69) is 14.7 Å². The maximum Gasteiger partial charge on any atom is 0.344 e. The molecule has 0 aliphatic carbocycles. The molecule has 1 heterocycles. The summed E-state index contributed by atoms with van der Waals surface area (Å²) in [7, 11) is 0. The Morgan fingerprint density at radius 3 is 3.08 bits per heavy atom. The number of aromatic amines is 1. The van der Waals surface area contributed by atoms with Gasteiger partial charge in [0.05, 0.1) is 6.61 Å². The number of carbonyl (C=O) groups excluding carboxylic acids is 1. The number of nitrogens with one attached hydrogen (secondary N) is 1. The molecule has 0 radical (unpaired) electrons. The van der Waals surface area contributed by atoms with Crippen LogP contribution < -0.4 is 5.69 Å². The van der Waals surface area contributed by atoms with Crippen LogP contribution in [0.5, 0.6) is 0 Å². The van der Waals surface area contributed by atoms with Crippen LogP contribution in [0.25, 0.3) is 0 Å². The summed E-state index contributed by atoms with van der Waals surface area (Å²) in [6, 6.07) is 0. The molecule has 1 N–H and O–H groups in total. The Morgan fingerprint density at radius 1 is 1.67 bits per heavy atom. The van der Waals surface area contributed by atoms with E-state index < -0.39 is 0 Å². The van der Waals surface area contributed by atoms with E-state index in [1.807, 2.05) is 0 Å². The highest BCUT2D eigenvalue weighted by Gasteiger charge is 1.92. The molecule has 1 aromatic heterocycles. The first-order valence-electron chi connectivity index (χ1n) is 3.42. The van der Waals surface area contributed by atoms with Crippen LogP contribution in [0.1, 0.15) is 5.56 Å². The lowest BCUT2D eigenvalue weighted by molar-refractivity contribution is -0.128. The van der Waals surface area contributed by atoms with Gasteiger partial charge in [0.1, 0.15) is 0 Å². The van der Waals surface area contributed by atoms with Crippen molar-refractivity contribution in [2.24, 2.45) is 0 Å². The largest absolute Gasteiger partial charge is 0.468 e. The maximum atomic E-state index is 10.5.